The molecular weight excluding hydrogens is 169 g/mol. The van der Waals surface area contributed by atoms with Crippen molar-refractivity contribution in [1.29, 1.82) is 0 Å². The fourth-order valence-electron chi connectivity index (χ4n) is 0.613. The van der Waals surface area contributed by atoms with Gasteiger partial charge in [-0.1, -0.05) is 0 Å². The van der Waals surface area contributed by atoms with Crippen molar-refractivity contribution in [3.8, 4) is 0 Å². The molecule has 0 aromatic carbocycles. The first-order valence-corrected chi connectivity index (χ1v) is 4.09. The maximum Gasteiger partial charge on any atom is 0.141 e. The van der Waals surface area contributed by atoms with E-state index in [4.69, 9.17) is 0 Å². The van der Waals surface area contributed by atoms with Crippen LogP contribution in [0.15, 0.2) is 18.3 Å². The van der Waals surface area contributed by atoms with Crippen molar-refractivity contribution >= 4 is 11.1 Å². The summed E-state index contributed by atoms with van der Waals surface area (Å²) in [5.74, 6) is -0.634. The summed E-state index contributed by atoms with van der Waals surface area (Å²) in [6.07, 6.45) is 0.988. The second-order valence-corrected chi connectivity index (χ2v) is 2.81. The van der Waals surface area contributed by atoms with Gasteiger partial charge in [0.25, 0.3) is 0 Å². The summed E-state index contributed by atoms with van der Waals surface area (Å²) in [6.45, 7) is 0. The van der Waals surface area contributed by atoms with Crippen LogP contribution in [0.4, 0.5) is 4.39 Å². The van der Waals surface area contributed by atoms with Crippen LogP contribution in [0.5, 0.6) is 0 Å². The lowest BCUT2D eigenvalue weighted by atomic mass is 10.4. The summed E-state index contributed by atoms with van der Waals surface area (Å²) < 4.78 is 32.4. The molecule has 1 heterocycles. The molecule has 0 aliphatic heterocycles. The molecular formula is C6H5FNO2S-. The van der Waals surface area contributed by atoms with E-state index in [2.05, 4.69) is 4.98 Å². The van der Waals surface area contributed by atoms with Crippen LogP contribution in [0.25, 0.3) is 0 Å². The van der Waals surface area contributed by atoms with Gasteiger partial charge in [0.15, 0.2) is 0 Å². The van der Waals surface area contributed by atoms with E-state index in [1.54, 1.807) is 0 Å². The number of nitrogens with zero attached hydrogens (tertiary/aromatic N) is 1. The van der Waals surface area contributed by atoms with Crippen molar-refractivity contribution in [1.82, 2.24) is 4.98 Å². The molecule has 1 atom stereocenters. The number of aromatic nitrogens is 1. The summed E-state index contributed by atoms with van der Waals surface area (Å²) >= 11 is -2.16. The van der Waals surface area contributed by atoms with E-state index in [9.17, 15) is 13.2 Å². The highest BCUT2D eigenvalue weighted by molar-refractivity contribution is 7.78. The topological polar surface area (TPSA) is 53.0 Å². The standard InChI is InChI=1S/C6H6FNO2S/c7-5-1-2-6(8-3-5)4-11(9)10/h1-3H,4H2,(H,9,10)/p-1. The first-order chi connectivity index (χ1) is 5.18. The predicted octanol–water partition coefficient (Wildman–Crippen LogP) is 0.600. The number of hydrogen-bond acceptors (Lipinski definition) is 3. The average Bonchev–Trinajstić information content (AvgIpc) is 1.93. The zero-order chi connectivity index (χ0) is 8.27. The van der Waals surface area contributed by atoms with E-state index in [-0.39, 0.29) is 5.75 Å². The van der Waals surface area contributed by atoms with Gasteiger partial charge < -0.3 is 4.55 Å². The molecule has 0 aliphatic carbocycles. The third-order valence-electron chi connectivity index (χ3n) is 1.05. The zero-order valence-corrected chi connectivity index (χ0v) is 6.31. The van der Waals surface area contributed by atoms with Crippen LogP contribution in [0.1, 0.15) is 5.69 Å². The second-order valence-electron chi connectivity index (χ2n) is 1.92. The molecule has 0 bridgehead atoms. The minimum atomic E-state index is -2.16. The SMILES string of the molecule is O=S([O-])Cc1ccc(F)cn1. The number of hydrogen-bond donors (Lipinski definition) is 0. The van der Waals surface area contributed by atoms with E-state index in [1.807, 2.05) is 0 Å². The predicted molar refractivity (Wildman–Crippen MR) is 36.8 cm³/mol. The first kappa shape index (κ1) is 8.29. The minimum Gasteiger partial charge on any atom is -0.772 e. The van der Waals surface area contributed by atoms with Crippen molar-refractivity contribution in [3.63, 3.8) is 0 Å². The summed E-state index contributed by atoms with van der Waals surface area (Å²) in [5.41, 5.74) is 0.347. The smallest absolute Gasteiger partial charge is 0.141 e. The van der Waals surface area contributed by atoms with Gasteiger partial charge >= 0.3 is 0 Å². The van der Waals surface area contributed by atoms with Gasteiger partial charge in [0.2, 0.25) is 0 Å². The van der Waals surface area contributed by atoms with Gasteiger partial charge in [-0.25, -0.2) is 4.39 Å². The van der Waals surface area contributed by atoms with Crippen molar-refractivity contribution < 1.29 is 13.2 Å². The van der Waals surface area contributed by atoms with E-state index in [1.165, 1.54) is 12.1 Å². The molecule has 0 saturated carbocycles. The van der Waals surface area contributed by atoms with Gasteiger partial charge in [-0.2, -0.15) is 0 Å². The first-order valence-electron chi connectivity index (χ1n) is 2.85. The lowest BCUT2D eigenvalue weighted by Crippen LogP contribution is -1.96. The summed E-state index contributed by atoms with van der Waals surface area (Å²) in [6, 6.07) is 2.51. The molecule has 1 aromatic rings. The highest BCUT2D eigenvalue weighted by Gasteiger charge is 1.93. The largest absolute Gasteiger partial charge is 0.772 e. The molecule has 0 amide bonds. The van der Waals surface area contributed by atoms with Crippen molar-refractivity contribution in [2.45, 2.75) is 5.75 Å². The normalized spacial score (nSPS) is 12.9. The van der Waals surface area contributed by atoms with Gasteiger partial charge in [-0.15, -0.1) is 0 Å². The van der Waals surface area contributed by atoms with Gasteiger partial charge in [0, 0.05) is 0 Å². The molecule has 0 aliphatic rings. The van der Waals surface area contributed by atoms with Gasteiger partial charge in [0.1, 0.15) is 5.82 Å². The fraction of sp³-hybridized carbons (Fsp3) is 0.167. The minimum absolute atomic E-state index is 0.166. The molecule has 11 heavy (non-hydrogen) atoms. The Morgan fingerprint density at radius 1 is 1.64 bits per heavy atom. The molecule has 0 fully saturated rings. The Labute approximate surface area is 65.6 Å². The van der Waals surface area contributed by atoms with Crippen molar-refractivity contribution in [2.75, 3.05) is 0 Å². The Hall–Kier alpha value is -0.810. The number of halogens is 1. The molecule has 1 rings (SSSR count). The van der Waals surface area contributed by atoms with Crippen LogP contribution >= 0.6 is 0 Å². The third kappa shape index (κ3) is 2.73. The maximum absolute atomic E-state index is 12.2. The Bertz CT molecular complexity index is 262. The maximum atomic E-state index is 12.2. The molecule has 0 saturated heterocycles. The van der Waals surface area contributed by atoms with Gasteiger partial charge in [-0.3, -0.25) is 9.19 Å². The second kappa shape index (κ2) is 3.54. The van der Waals surface area contributed by atoms with Crippen molar-refractivity contribution in [3.05, 3.63) is 29.8 Å². The highest BCUT2D eigenvalue weighted by atomic mass is 32.2. The van der Waals surface area contributed by atoms with Crippen molar-refractivity contribution in [2.24, 2.45) is 0 Å². The van der Waals surface area contributed by atoms with Gasteiger partial charge in [0.05, 0.1) is 17.6 Å². The van der Waals surface area contributed by atoms with Crippen LogP contribution in [0.3, 0.4) is 0 Å². The Balaban J connectivity index is 2.74. The van der Waals surface area contributed by atoms with Crippen LogP contribution in [-0.4, -0.2) is 13.7 Å². The Morgan fingerprint density at radius 2 is 2.36 bits per heavy atom. The summed E-state index contributed by atoms with van der Waals surface area (Å²) in [4.78, 5) is 3.55. The molecule has 5 heteroatoms. The molecule has 0 spiro atoms. The molecule has 1 aromatic heterocycles. The van der Waals surface area contributed by atoms with Crippen LogP contribution < -0.4 is 0 Å². The molecule has 3 nitrogen and oxygen atoms in total. The highest BCUT2D eigenvalue weighted by Crippen LogP contribution is 1.99. The van der Waals surface area contributed by atoms with Crippen LogP contribution in [0.2, 0.25) is 0 Å². The zero-order valence-electron chi connectivity index (χ0n) is 5.49. The molecule has 0 radical (unpaired) electrons. The van der Waals surface area contributed by atoms with E-state index >= 15 is 0 Å². The Morgan fingerprint density at radius 3 is 2.82 bits per heavy atom. The van der Waals surface area contributed by atoms with E-state index < -0.39 is 16.9 Å². The monoisotopic (exact) mass is 174 g/mol. The van der Waals surface area contributed by atoms with E-state index in [0.29, 0.717) is 5.69 Å². The summed E-state index contributed by atoms with van der Waals surface area (Å²) in [7, 11) is 0. The van der Waals surface area contributed by atoms with Gasteiger partial charge in [-0.05, 0) is 23.2 Å². The quantitative estimate of drug-likeness (QED) is 0.617. The lowest BCUT2D eigenvalue weighted by Gasteiger charge is -2.02. The summed E-state index contributed by atoms with van der Waals surface area (Å²) in [5, 5.41) is 0. The molecule has 1 unspecified atom stereocenters. The Kier molecular flexibility index (Phi) is 2.67. The molecule has 0 N–H and O–H groups in total. The van der Waals surface area contributed by atoms with Crippen LogP contribution in [0, 0.1) is 5.82 Å². The molecule has 60 valence electrons. The van der Waals surface area contributed by atoms with E-state index in [0.717, 1.165) is 6.20 Å². The number of pyridine rings is 1. The average molecular weight is 174 g/mol. The fourth-order valence-corrected chi connectivity index (χ4v) is 1.02. The third-order valence-corrected chi connectivity index (χ3v) is 1.59. The lowest BCUT2D eigenvalue weighted by molar-refractivity contribution is 0.535. The number of rotatable bonds is 2. The van der Waals surface area contributed by atoms with Crippen LogP contribution in [-0.2, 0) is 16.8 Å².